The predicted octanol–water partition coefficient (Wildman–Crippen LogP) is 2.60. The van der Waals surface area contributed by atoms with Crippen molar-refractivity contribution in [1.82, 2.24) is 4.90 Å². The Labute approximate surface area is 127 Å². The van der Waals surface area contributed by atoms with Crippen LogP contribution in [0.4, 0.5) is 10.1 Å². The molecule has 2 heterocycles. The number of anilines is 1. The first-order valence-electron chi connectivity index (χ1n) is 7.13. The molecule has 0 bridgehead atoms. The summed E-state index contributed by atoms with van der Waals surface area (Å²) in [6.07, 6.45) is 2.01. The molecule has 6 heteroatoms. The summed E-state index contributed by atoms with van der Waals surface area (Å²) in [6, 6.07) is 3.26. The van der Waals surface area contributed by atoms with Crippen LogP contribution in [0.25, 0.3) is 0 Å². The summed E-state index contributed by atoms with van der Waals surface area (Å²) in [5.41, 5.74) is 0.397. The summed E-state index contributed by atoms with van der Waals surface area (Å²) in [6.45, 7) is 2.49. The molecule has 0 spiro atoms. The fourth-order valence-electron chi connectivity index (χ4n) is 3.20. The second-order valence-electron chi connectivity index (χ2n) is 5.42. The van der Waals surface area contributed by atoms with E-state index in [9.17, 15) is 14.0 Å². The molecule has 0 radical (unpaired) electrons. The molecule has 0 N–H and O–H groups in total. The van der Waals surface area contributed by atoms with Crippen LogP contribution in [0.1, 0.15) is 26.2 Å². The van der Waals surface area contributed by atoms with E-state index in [0.29, 0.717) is 25.1 Å². The molecule has 2 fully saturated rings. The zero-order valence-corrected chi connectivity index (χ0v) is 12.4. The molecule has 2 atom stereocenters. The minimum Gasteiger partial charge on any atom is -0.329 e. The van der Waals surface area contributed by atoms with Gasteiger partial charge in [0.25, 0.3) is 5.91 Å². The molecule has 1 aromatic rings. The van der Waals surface area contributed by atoms with Crippen molar-refractivity contribution in [2.24, 2.45) is 0 Å². The van der Waals surface area contributed by atoms with Crippen molar-refractivity contribution in [2.75, 3.05) is 11.4 Å². The molecule has 0 aliphatic carbocycles. The zero-order chi connectivity index (χ0) is 15.1. The molecule has 2 amide bonds. The number of hydrogen-bond donors (Lipinski definition) is 0. The van der Waals surface area contributed by atoms with Gasteiger partial charge in [-0.3, -0.25) is 14.5 Å². The van der Waals surface area contributed by atoms with E-state index < -0.39 is 17.9 Å². The molecule has 2 saturated heterocycles. The van der Waals surface area contributed by atoms with Gasteiger partial charge >= 0.3 is 0 Å². The van der Waals surface area contributed by atoms with Gasteiger partial charge in [0.15, 0.2) is 0 Å². The van der Waals surface area contributed by atoms with Gasteiger partial charge in [0.05, 0.1) is 5.02 Å². The number of amides is 2. The van der Waals surface area contributed by atoms with Crippen LogP contribution in [0.2, 0.25) is 5.02 Å². The number of carbonyl (C=O) groups excluding carboxylic acids is 2. The fraction of sp³-hybridized carbons (Fsp3) is 0.467. The standard InChI is InChI=1S/C15H16ClFN2O2/c1-2-12-14(20)18-7-3-4-13(18)15(21)19(12)9-5-6-10(16)11(17)8-9/h5-6,8,12-13H,2-4,7H2,1H3. The number of carbonyl (C=O) groups is 2. The molecule has 0 saturated carbocycles. The van der Waals surface area contributed by atoms with Crippen LogP contribution in [-0.4, -0.2) is 35.3 Å². The Balaban J connectivity index is 2.03. The molecule has 3 rings (SSSR count). The lowest BCUT2D eigenvalue weighted by Gasteiger charge is -2.42. The zero-order valence-electron chi connectivity index (χ0n) is 11.7. The van der Waals surface area contributed by atoms with Crippen LogP contribution in [0.5, 0.6) is 0 Å². The van der Waals surface area contributed by atoms with Gasteiger partial charge in [0.2, 0.25) is 5.91 Å². The smallest absolute Gasteiger partial charge is 0.250 e. The monoisotopic (exact) mass is 310 g/mol. The SMILES string of the molecule is CCC1C(=O)N2CCCC2C(=O)N1c1ccc(Cl)c(F)c1. The quantitative estimate of drug-likeness (QED) is 0.842. The third-order valence-electron chi connectivity index (χ3n) is 4.22. The van der Waals surface area contributed by atoms with Gasteiger partial charge < -0.3 is 4.90 Å². The number of halogens is 2. The van der Waals surface area contributed by atoms with Crippen molar-refractivity contribution in [1.29, 1.82) is 0 Å². The van der Waals surface area contributed by atoms with Gasteiger partial charge in [-0.05, 0) is 37.5 Å². The largest absolute Gasteiger partial charge is 0.329 e. The average molecular weight is 311 g/mol. The lowest BCUT2D eigenvalue weighted by atomic mass is 10.0. The van der Waals surface area contributed by atoms with Gasteiger partial charge in [0.1, 0.15) is 17.9 Å². The normalized spacial score (nSPS) is 25.5. The van der Waals surface area contributed by atoms with E-state index in [1.807, 2.05) is 6.92 Å². The summed E-state index contributed by atoms with van der Waals surface area (Å²) >= 11 is 5.69. The Morgan fingerprint density at radius 2 is 2.10 bits per heavy atom. The van der Waals surface area contributed by atoms with E-state index in [1.54, 1.807) is 11.0 Å². The van der Waals surface area contributed by atoms with E-state index in [0.717, 1.165) is 6.42 Å². The Morgan fingerprint density at radius 1 is 1.33 bits per heavy atom. The Bertz CT molecular complexity index is 607. The Kier molecular flexibility index (Phi) is 3.61. The van der Waals surface area contributed by atoms with Gasteiger partial charge in [-0.15, -0.1) is 0 Å². The summed E-state index contributed by atoms with van der Waals surface area (Å²) in [5, 5.41) is 0.00470. The first-order chi connectivity index (χ1) is 10.0. The second kappa shape index (κ2) is 5.30. The Hall–Kier alpha value is -1.62. The van der Waals surface area contributed by atoms with E-state index in [4.69, 9.17) is 11.6 Å². The maximum absolute atomic E-state index is 13.7. The number of nitrogens with zero attached hydrogens (tertiary/aromatic N) is 2. The third-order valence-corrected chi connectivity index (χ3v) is 4.53. The van der Waals surface area contributed by atoms with E-state index in [1.165, 1.54) is 17.0 Å². The van der Waals surface area contributed by atoms with E-state index >= 15 is 0 Å². The number of hydrogen-bond acceptors (Lipinski definition) is 2. The highest BCUT2D eigenvalue weighted by molar-refractivity contribution is 6.30. The Morgan fingerprint density at radius 3 is 2.76 bits per heavy atom. The van der Waals surface area contributed by atoms with Gasteiger partial charge in [0, 0.05) is 12.2 Å². The van der Waals surface area contributed by atoms with Crippen LogP contribution in [0.15, 0.2) is 18.2 Å². The number of fused-ring (bicyclic) bond motifs is 1. The highest BCUT2D eigenvalue weighted by Crippen LogP contribution is 2.33. The lowest BCUT2D eigenvalue weighted by molar-refractivity contribution is -0.144. The van der Waals surface area contributed by atoms with Crippen LogP contribution in [-0.2, 0) is 9.59 Å². The van der Waals surface area contributed by atoms with Crippen LogP contribution >= 0.6 is 11.6 Å². The highest BCUT2D eigenvalue weighted by atomic mass is 35.5. The van der Waals surface area contributed by atoms with E-state index in [-0.39, 0.29) is 16.8 Å². The maximum atomic E-state index is 13.7. The van der Waals surface area contributed by atoms with Gasteiger partial charge in [-0.1, -0.05) is 18.5 Å². The van der Waals surface area contributed by atoms with Crippen molar-refractivity contribution in [3.05, 3.63) is 29.0 Å². The molecular formula is C15H16ClFN2O2. The predicted molar refractivity (Wildman–Crippen MR) is 77.7 cm³/mol. The topological polar surface area (TPSA) is 40.6 Å². The highest BCUT2D eigenvalue weighted by Gasteiger charge is 2.47. The fourth-order valence-corrected chi connectivity index (χ4v) is 3.32. The molecule has 112 valence electrons. The van der Waals surface area contributed by atoms with Crippen molar-refractivity contribution in [3.63, 3.8) is 0 Å². The molecular weight excluding hydrogens is 295 g/mol. The number of piperazine rings is 1. The van der Waals surface area contributed by atoms with Crippen LogP contribution in [0, 0.1) is 5.82 Å². The average Bonchev–Trinajstić information content (AvgIpc) is 2.95. The number of rotatable bonds is 2. The number of benzene rings is 1. The summed E-state index contributed by atoms with van der Waals surface area (Å²) < 4.78 is 13.7. The van der Waals surface area contributed by atoms with Gasteiger partial charge in [-0.25, -0.2) is 4.39 Å². The maximum Gasteiger partial charge on any atom is 0.250 e. The van der Waals surface area contributed by atoms with Crippen molar-refractivity contribution in [2.45, 2.75) is 38.3 Å². The minimum atomic E-state index is -0.585. The van der Waals surface area contributed by atoms with Crippen LogP contribution < -0.4 is 4.90 Å². The summed E-state index contributed by atoms with van der Waals surface area (Å²) in [5.74, 6) is -0.756. The van der Waals surface area contributed by atoms with Crippen molar-refractivity contribution < 1.29 is 14.0 Å². The molecule has 4 nitrogen and oxygen atoms in total. The molecule has 0 aromatic heterocycles. The molecule has 1 aromatic carbocycles. The third kappa shape index (κ3) is 2.20. The minimum absolute atomic E-state index is 0.00470. The second-order valence-corrected chi connectivity index (χ2v) is 5.83. The van der Waals surface area contributed by atoms with Gasteiger partial charge in [-0.2, -0.15) is 0 Å². The first-order valence-corrected chi connectivity index (χ1v) is 7.51. The van der Waals surface area contributed by atoms with Crippen LogP contribution in [0.3, 0.4) is 0 Å². The van der Waals surface area contributed by atoms with E-state index in [2.05, 4.69) is 0 Å². The van der Waals surface area contributed by atoms with Crippen molar-refractivity contribution >= 4 is 29.1 Å². The molecule has 2 aliphatic rings. The lowest BCUT2D eigenvalue weighted by Crippen LogP contribution is -2.63. The summed E-state index contributed by atoms with van der Waals surface area (Å²) in [4.78, 5) is 28.3. The molecule has 2 aliphatic heterocycles. The molecule has 21 heavy (non-hydrogen) atoms. The molecule has 2 unspecified atom stereocenters. The van der Waals surface area contributed by atoms with Crippen molar-refractivity contribution in [3.8, 4) is 0 Å². The summed E-state index contributed by atoms with van der Waals surface area (Å²) in [7, 11) is 0. The first kappa shape index (κ1) is 14.3.